The van der Waals surface area contributed by atoms with E-state index < -0.39 is 0 Å². The lowest BCUT2D eigenvalue weighted by atomic mass is 9.88. The molecule has 3 heterocycles. The van der Waals surface area contributed by atoms with Crippen molar-refractivity contribution in [3.63, 3.8) is 0 Å². The SMILES string of the molecule is N#Cc1c2c(c(N3CCNCC3)n3c1nc1ccccc13)C1CCC2C1. The third-order valence-electron chi connectivity index (χ3n) is 6.57. The number of nitriles is 1. The summed E-state index contributed by atoms with van der Waals surface area (Å²) in [6, 6.07) is 10.8. The normalized spacial score (nSPS) is 24.3. The molecular weight excluding hydrogens is 322 g/mol. The first-order valence-electron chi connectivity index (χ1n) is 9.69. The van der Waals surface area contributed by atoms with Gasteiger partial charge in [-0.1, -0.05) is 12.1 Å². The summed E-state index contributed by atoms with van der Waals surface area (Å²) in [6.45, 7) is 4.04. The zero-order valence-electron chi connectivity index (χ0n) is 14.7. The Kier molecular flexibility index (Phi) is 2.92. The molecule has 1 saturated heterocycles. The Hall–Kier alpha value is -2.58. The van der Waals surface area contributed by atoms with Gasteiger partial charge in [0.1, 0.15) is 11.9 Å². The third kappa shape index (κ3) is 1.75. The highest BCUT2D eigenvalue weighted by Gasteiger charge is 2.43. The second-order valence-electron chi connectivity index (χ2n) is 7.84. The maximum Gasteiger partial charge on any atom is 0.157 e. The fraction of sp³-hybridized carbons (Fsp3) is 0.429. The Labute approximate surface area is 152 Å². The summed E-state index contributed by atoms with van der Waals surface area (Å²) >= 11 is 0. The number of hydrogen-bond donors (Lipinski definition) is 1. The average molecular weight is 343 g/mol. The Morgan fingerprint density at radius 2 is 1.85 bits per heavy atom. The maximum atomic E-state index is 10.0. The van der Waals surface area contributed by atoms with Gasteiger partial charge < -0.3 is 10.2 Å². The van der Waals surface area contributed by atoms with Crippen LogP contribution in [0.15, 0.2) is 24.3 Å². The highest BCUT2D eigenvalue weighted by molar-refractivity contribution is 5.87. The van der Waals surface area contributed by atoms with E-state index in [9.17, 15) is 5.26 Å². The zero-order valence-corrected chi connectivity index (χ0v) is 14.7. The van der Waals surface area contributed by atoms with Crippen molar-refractivity contribution in [3.05, 3.63) is 41.0 Å². The number of benzene rings is 1. The number of anilines is 1. The molecule has 1 N–H and O–H groups in total. The van der Waals surface area contributed by atoms with Crippen molar-refractivity contribution >= 4 is 22.5 Å². The number of nitrogens with zero attached hydrogens (tertiary/aromatic N) is 4. The molecule has 26 heavy (non-hydrogen) atoms. The molecule has 5 nitrogen and oxygen atoms in total. The predicted octanol–water partition coefficient (Wildman–Crippen LogP) is 3.13. The van der Waals surface area contributed by atoms with E-state index in [1.807, 2.05) is 6.07 Å². The Morgan fingerprint density at radius 1 is 1.08 bits per heavy atom. The molecule has 130 valence electrons. The number of piperazine rings is 1. The van der Waals surface area contributed by atoms with Crippen molar-refractivity contribution in [2.45, 2.75) is 31.1 Å². The lowest BCUT2D eigenvalue weighted by Gasteiger charge is -2.34. The summed E-state index contributed by atoms with van der Waals surface area (Å²) in [5.41, 5.74) is 6.56. The number of hydrogen-bond acceptors (Lipinski definition) is 4. The molecule has 2 atom stereocenters. The van der Waals surface area contributed by atoms with E-state index in [0.717, 1.165) is 48.4 Å². The van der Waals surface area contributed by atoms with Crippen LogP contribution < -0.4 is 10.2 Å². The minimum absolute atomic E-state index is 0.552. The van der Waals surface area contributed by atoms with Crippen LogP contribution in [-0.2, 0) is 0 Å². The van der Waals surface area contributed by atoms with Crippen LogP contribution in [0.5, 0.6) is 0 Å². The van der Waals surface area contributed by atoms with Gasteiger partial charge in [-0.15, -0.1) is 0 Å². The lowest BCUT2D eigenvalue weighted by molar-refractivity contribution is 0.578. The Morgan fingerprint density at radius 3 is 2.65 bits per heavy atom. The van der Waals surface area contributed by atoms with E-state index in [4.69, 9.17) is 4.98 Å². The number of aromatic nitrogens is 2. The molecule has 0 amide bonds. The summed E-state index contributed by atoms with van der Waals surface area (Å²) in [5, 5.41) is 13.5. The first-order chi connectivity index (χ1) is 12.9. The molecule has 2 aromatic heterocycles. The maximum absolute atomic E-state index is 10.0. The van der Waals surface area contributed by atoms with Crippen LogP contribution in [0, 0.1) is 11.3 Å². The zero-order chi connectivity index (χ0) is 17.3. The second-order valence-corrected chi connectivity index (χ2v) is 7.84. The van der Waals surface area contributed by atoms with Crippen LogP contribution >= 0.6 is 0 Å². The van der Waals surface area contributed by atoms with Crippen molar-refractivity contribution < 1.29 is 0 Å². The minimum Gasteiger partial charge on any atom is -0.355 e. The van der Waals surface area contributed by atoms with Crippen LogP contribution in [0.25, 0.3) is 16.7 Å². The van der Waals surface area contributed by atoms with Gasteiger partial charge in [-0.25, -0.2) is 4.98 Å². The van der Waals surface area contributed by atoms with Crippen LogP contribution in [0.3, 0.4) is 0 Å². The summed E-state index contributed by atoms with van der Waals surface area (Å²) in [4.78, 5) is 7.43. The fourth-order valence-corrected chi connectivity index (χ4v) is 5.54. The molecule has 3 aliphatic rings. The van der Waals surface area contributed by atoms with Crippen LogP contribution in [0.1, 0.15) is 47.8 Å². The molecule has 0 spiro atoms. The predicted molar refractivity (Wildman–Crippen MR) is 102 cm³/mol. The van der Waals surface area contributed by atoms with Crippen molar-refractivity contribution in [3.8, 4) is 6.07 Å². The molecular formula is C21H21N5. The van der Waals surface area contributed by atoms with Gasteiger partial charge in [0, 0.05) is 31.7 Å². The van der Waals surface area contributed by atoms with Gasteiger partial charge in [0.2, 0.25) is 0 Å². The Balaban J connectivity index is 1.79. The van der Waals surface area contributed by atoms with Crippen LogP contribution in [0.4, 0.5) is 5.82 Å². The summed E-state index contributed by atoms with van der Waals surface area (Å²) in [7, 11) is 0. The number of nitrogens with one attached hydrogen (secondary N) is 1. The highest BCUT2D eigenvalue weighted by Crippen LogP contribution is 2.57. The van der Waals surface area contributed by atoms with E-state index in [0.29, 0.717) is 11.8 Å². The van der Waals surface area contributed by atoms with E-state index in [-0.39, 0.29) is 0 Å². The molecule has 1 aromatic carbocycles. The minimum atomic E-state index is 0.552. The van der Waals surface area contributed by atoms with Crippen molar-refractivity contribution in [2.75, 3.05) is 31.1 Å². The summed E-state index contributed by atoms with van der Waals surface area (Å²) < 4.78 is 2.29. The Bertz CT molecular complexity index is 1080. The monoisotopic (exact) mass is 343 g/mol. The number of rotatable bonds is 1. The third-order valence-corrected chi connectivity index (χ3v) is 6.57. The van der Waals surface area contributed by atoms with E-state index in [1.54, 1.807) is 0 Å². The van der Waals surface area contributed by atoms with E-state index in [2.05, 4.69) is 38.9 Å². The van der Waals surface area contributed by atoms with Gasteiger partial charge in [0.05, 0.1) is 16.6 Å². The topological polar surface area (TPSA) is 56.4 Å². The first-order valence-corrected chi connectivity index (χ1v) is 9.69. The summed E-state index contributed by atoms with van der Waals surface area (Å²) in [6.07, 6.45) is 3.71. The second kappa shape index (κ2) is 5.21. The highest BCUT2D eigenvalue weighted by atomic mass is 15.3. The lowest BCUT2D eigenvalue weighted by Crippen LogP contribution is -2.44. The fourth-order valence-electron chi connectivity index (χ4n) is 5.54. The molecule has 2 fully saturated rings. The van der Waals surface area contributed by atoms with E-state index in [1.165, 1.54) is 36.2 Å². The van der Waals surface area contributed by atoms with Crippen molar-refractivity contribution in [1.82, 2.24) is 14.7 Å². The first kappa shape index (κ1) is 14.6. The van der Waals surface area contributed by atoms with Gasteiger partial charge in [-0.2, -0.15) is 5.26 Å². The molecule has 1 aliphatic heterocycles. The van der Waals surface area contributed by atoms with Crippen LogP contribution in [-0.4, -0.2) is 35.6 Å². The van der Waals surface area contributed by atoms with Crippen molar-refractivity contribution in [2.24, 2.45) is 0 Å². The molecule has 3 aromatic rings. The van der Waals surface area contributed by atoms with Gasteiger partial charge in [-0.3, -0.25) is 4.40 Å². The average Bonchev–Trinajstić information content (AvgIpc) is 3.40. The van der Waals surface area contributed by atoms with Crippen LogP contribution in [0.2, 0.25) is 0 Å². The number of imidazole rings is 1. The van der Waals surface area contributed by atoms with Gasteiger partial charge >= 0.3 is 0 Å². The van der Waals surface area contributed by atoms with Gasteiger partial charge in [0.25, 0.3) is 0 Å². The molecule has 2 unspecified atom stereocenters. The summed E-state index contributed by atoms with van der Waals surface area (Å²) in [5.74, 6) is 2.48. The molecule has 2 bridgehead atoms. The molecule has 0 radical (unpaired) electrons. The van der Waals surface area contributed by atoms with Gasteiger partial charge in [-0.05, 0) is 48.8 Å². The van der Waals surface area contributed by atoms with Gasteiger partial charge in [0.15, 0.2) is 5.65 Å². The van der Waals surface area contributed by atoms with E-state index >= 15 is 0 Å². The smallest absolute Gasteiger partial charge is 0.157 e. The number of fused-ring (bicyclic) bond motifs is 8. The quantitative estimate of drug-likeness (QED) is 0.737. The molecule has 6 rings (SSSR count). The molecule has 5 heteroatoms. The largest absolute Gasteiger partial charge is 0.355 e. The standard InChI is InChI=1S/C21H21N5/c22-12-15-18-13-5-6-14(11-13)19(18)21(25-9-7-23-8-10-25)26-17-4-2-1-3-16(17)24-20(15)26/h1-4,13-14,23H,5-11H2. The number of para-hydroxylation sites is 2. The molecule has 1 saturated carbocycles. The van der Waals surface area contributed by atoms with Crippen molar-refractivity contribution in [1.29, 1.82) is 5.26 Å². The molecule has 2 aliphatic carbocycles. The number of pyridine rings is 1.